The van der Waals surface area contributed by atoms with Gasteiger partial charge in [-0.2, -0.15) is 13.2 Å². The topological polar surface area (TPSA) is 88.2 Å². The molecule has 9 heteroatoms. The molecule has 170 valence electrons. The van der Waals surface area contributed by atoms with Crippen LogP contribution in [0.5, 0.6) is 11.5 Å². The van der Waals surface area contributed by atoms with Gasteiger partial charge in [0.15, 0.2) is 5.84 Å². The first kappa shape index (κ1) is 23.2. The second-order valence-electron chi connectivity index (χ2n) is 7.30. The summed E-state index contributed by atoms with van der Waals surface area (Å²) in [6.07, 6.45) is -2.48. The Morgan fingerprint density at radius 2 is 1.88 bits per heavy atom. The van der Waals surface area contributed by atoms with Crippen LogP contribution >= 0.6 is 0 Å². The summed E-state index contributed by atoms with van der Waals surface area (Å²) in [5.41, 5.74) is 8.44. The quantitative estimate of drug-likeness (QED) is 0.244. The van der Waals surface area contributed by atoms with Gasteiger partial charge in [-0.15, -0.1) is 0 Å². The van der Waals surface area contributed by atoms with Gasteiger partial charge in [-0.3, -0.25) is 4.79 Å². The molecule has 1 aliphatic rings. The summed E-state index contributed by atoms with van der Waals surface area (Å²) in [4.78, 5) is 12.8. The van der Waals surface area contributed by atoms with Gasteiger partial charge in [-0.25, -0.2) is 0 Å². The highest BCUT2D eigenvalue weighted by atomic mass is 19.4. The van der Waals surface area contributed by atoms with Crippen molar-refractivity contribution in [2.75, 3.05) is 6.54 Å². The van der Waals surface area contributed by atoms with E-state index in [2.05, 4.69) is 5.16 Å². The molecule has 1 unspecified atom stereocenters. The van der Waals surface area contributed by atoms with Crippen LogP contribution in [0, 0.1) is 0 Å². The number of hydrogen-bond acceptors (Lipinski definition) is 4. The number of nitrogens with two attached hydrogens (primary N) is 1. The van der Waals surface area contributed by atoms with E-state index in [0.717, 1.165) is 21.6 Å². The number of halogens is 3. The van der Waals surface area contributed by atoms with Crippen LogP contribution < -0.4 is 10.5 Å². The van der Waals surface area contributed by atoms with Crippen molar-refractivity contribution < 1.29 is 27.9 Å². The fourth-order valence-electron chi connectivity index (χ4n) is 3.81. The maximum Gasteiger partial charge on any atom is 0.471 e. The van der Waals surface area contributed by atoms with Gasteiger partial charge in [0, 0.05) is 29.3 Å². The summed E-state index contributed by atoms with van der Waals surface area (Å²) in [5.74, 6) is -0.849. The van der Waals surface area contributed by atoms with E-state index >= 15 is 0 Å². The van der Waals surface area contributed by atoms with Crippen LogP contribution in [0.1, 0.15) is 43.4 Å². The summed E-state index contributed by atoms with van der Waals surface area (Å²) in [7, 11) is 0. The number of oxime groups is 1. The third kappa shape index (κ3) is 4.56. The average Bonchev–Trinajstić information content (AvgIpc) is 2.78. The highest BCUT2D eigenvalue weighted by molar-refractivity contribution is 5.99. The van der Waals surface area contributed by atoms with Crippen LogP contribution in [0.2, 0.25) is 0 Å². The van der Waals surface area contributed by atoms with Crippen LogP contribution in [0.15, 0.2) is 53.7 Å². The Balaban J connectivity index is 2.02. The van der Waals surface area contributed by atoms with Crippen LogP contribution in [0.4, 0.5) is 13.2 Å². The van der Waals surface area contributed by atoms with Crippen LogP contribution in [0.3, 0.4) is 0 Å². The smallest absolute Gasteiger partial charge is 0.456 e. The van der Waals surface area contributed by atoms with Crippen molar-refractivity contribution in [2.24, 2.45) is 10.9 Å². The molecule has 3 rings (SSSR count). The first-order valence-electron chi connectivity index (χ1n) is 10.2. The lowest BCUT2D eigenvalue weighted by Gasteiger charge is -2.31. The predicted molar refractivity (Wildman–Crippen MR) is 115 cm³/mol. The molecule has 0 aromatic heterocycles. The summed E-state index contributed by atoms with van der Waals surface area (Å²) in [5, 5.41) is 12.0. The van der Waals surface area contributed by atoms with Crippen LogP contribution in [-0.4, -0.2) is 40.6 Å². The van der Waals surface area contributed by atoms with Gasteiger partial charge < -0.3 is 20.6 Å². The minimum atomic E-state index is -4.92. The third-order valence-electron chi connectivity index (χ3n) is 5.42. The standard InChI is InChI=1S/C23H24F3N3O3/c1-3-15(29(4-2)22(30)23(24,25)26)10-12-16-17-7-5-6-8-19(17)32-20-13-14(21(27)28-31)9-11-18(16)20/h5-9,11-13,15,31H,3-4,10H2,1-2H3,(H2,27,28)/b16-12-. The number of benzene rings is 2. The van der Waals surface area contributed by atoms with Crippen molar-refractivity contribution in [1.82, 2.24) is 4.90 Å². The Morgan fingerprint density at radius 1 is 1.19 bits per heavy atom. The average molecular weight is 447 g/mol. The van der Waals surface area contributed by atoms with Gasteiger partial charge in [-0.05, 0) is 43.5 Å². The Kier molecular flexibility index (Phi) is 6.76. The number of fused-ring (bicyclic) bond motifs is 2. The minimum absolute atomic E-state index is 0.0422. The zero-order valence-electron chi connectivity index (χ0n) is 17.7. The van der Waals surface area contributed by atoms with E-state index in [1.165, 1.54) is 6.92 Å². The number of carbonyl (C=O) groups excluding carboxylic acids is 1. The molecule has 32 heavy (non-hydrogen) atoms. The van der Waals surface area contributed by atoms with Crippen molar-refractivity contribution in [3.8, 4) is 11.5 Å². The van der Waals surface area contributed by atoms with Gasteiger partial charge in [0.25, 0.3) is 0 Å². The number of ether oxygens (including phenoxy) is 1. The molecule has 6 nitrogen and oxygen atoms in total. The molecule has 0 aliphatic carbocycles. The molecule has 1 aliphatic heterocycles. The maximum atomic E-state index is 13.0. The molecule has 1 atom stereocenters. The van der Waals surface area contributed by atoms with Crippen molar-refractivity contribution >= 4 is 17.3 Å². The minimum Gasteiger partial charge on any atom is -0.456 e. The molecule has 0 spiro atoms. The third-order valence-corrected chi connectivity index (χ3v) is 5.42. The van der Waals surface area contributed by atoms with E-state index in [1.54, 1.807) is 31.2 Å². The van der Waals surface area contributed by atoms with Gasteiger partial charge in [0.2, 0.25) is 0 Å². The Morgan fingerprint density at radius 3 is 2.50 bits per heavy atom. The fraction of sp³-hybridized carbons (Fsp3) is 0.304. The van der Waals surface area contributed by atoms with Crippen molar-refractivity contribution in [3.05, 3.63) is 65.2 Å². The molecule has 0 fully saturated rings. The molecular formula is C23H24F3N3O3. The van der Waals surface area contributed by atoms with Crippen LogP contribution in [0.25, 0.3) is 5.57 Å². The molecular weight excluding hydrogens is 423 g/mol. The molecule has 0 saturated heterocycles. The molecule has 0 bridgehead atoms. The van der Waals surface area contributed by atoms with Crippen molar-refractivity contribution in [1.29, 1.82) is 0 Å². The number of rotatable bonds is 6. The first-order chi connectivity index (χ1) is 15.2. The summed E-state index contributed by atoms with van der Waals surface area (Å²) < 4.78 is 45.1. The molecule has 0 saturated carbocycles. The summed E-state index contributed by atoms with van der Waals surface area (Å²) in [6, 6.07) is 11.7. The summed E-state index contributed by atoms with van der Waals surface area (Å²) in [6.45, 7) is 3.25. The molecule has 1 amide bonds. The predicted octanol–water partition coefficient (Wildman–Crippen LogP) is 4.90. The molecule has 2 aromatic rings. The van der Waals surface area contributed by atoms with Gasteiger partial charge in [0.05, 0.1) is 0 Å². The number of amidine groups is 1. The molecule has 2 aromatic carbocycles. The Bertz CT molecular complexity index is 1060. The van der Waals surface area contributed by atoms with E-state index in [1.807, 2.05) is 24.3 Å². The van der Waals surface area contributed by atoms with Crippen LogP contribution in [-0.2, 0) is 4.79 Å². The number of alkyl halides is 3. The van der Waals surface area contributed by atoms with E-state index < -0.39 is 18.1 Å². The van der Waals surface area contributed by atoms with Crippen molar-refractivity contribution in [3.63, 3.8) is 0 Å². The summed E-state index contributed by atoms with van der Waals surface area (Å²) >= 11 is 0. The van der Waals surface area contributed by atoms with E-state index in [-0.39, 0.29) is 18.8 Å². The molecule has 1 heterocycles. The fourth-order valence-corrected chi connectivity index (χ4v) is 3.81. The van der Waals surface area contributed by atoms with Gasteiger partial charge in [0.1, 0.15) is 11.5 Å². The number of amides is 1. The second kappa shape index (κ2) is 9.33. The number of para-hydroxylation sites is 1. The maximum absolute atomic E-state index is 13.0. The SMILES string of the molecule is CCC(C/C=C1/c2ccccc2Oc2cc(/C(N)=N/O)ccc21)N(CC)C(=O)C(F)(F)F. The number of hydrogen-bond donors (Lipinski definition) is 2. The lowest BCUT2D eigenvalue weighted by molar-refractivity contribution is -0.187. The number of carbonyl (C=O) groups is 1. The van der Waals surface area contributed by atoms with Gasteiger partial charge in [-0.1, -0.05) is 42.4 Å². The number of nitrogens with zero attached hydrogens (tertiary/aromatic N) is 2. The highest BCUT2D eigenvalue weighted by Crippen LogP contribution is 2.44. The Hall–Kier alpha value is -3.49. The largest absolute Gasteiger partial charge is 0.471 e. The molecule has 0 radical (unpaired) electrons. The lowest BCUT2D eigenvalue weighted by atomic mass is 9.91. The first-order valence-corrected chi connectivity index (χ1v) is 10.2. The zero-order chi connectivity index (χ0) is 23.5. The monoisotopic (exact) mass is 447 g/mol. The van der Waals surface area contributed by atoms with Gasteiger partial charge >= 0.3 is 12.1 Å². The lowest BCUT2D eigenvalue weighted by Crippen LogP contribution is -2.46. The second-order valence-corrected chi connectivity index (χ2v) is 7.30. The Labute approximate surface area is 183 Å². The highest BCUT2D eigenvalue weighted by Gasteiger charge is 2.43. The molecule has 3 N–H and O–H groups in total. The normalized spacial score (nSPS) is 15.5. The van der Waals surface area contributed by atoms with E-state index in [4.69, 9.17) is 15.7 Å². The zero-order valence-corrected chi connectivity index (χ0v) is 17.7. The van der Waals surface area contributed by atoms with E-state index in [9.17, 15) is 18.0 Å². The van der Waals surface area contributed by atoms with Crippen molar-refractivity contribution in [2.45, 2.75) is 38.9 Å². The van der Waals surface area contributed by atoms with E-state index in [0.29, 0.717) is 23.5 Å².